The van der Waals surface area contributed by atoms with Gasteiger partial charge in [-0.3, -0.25) is 0 Å². The van der Waals surface area contributed by atoms with Gasteiger partial charge in [0.05, 0.1) is 5.57 Å². The van der Waals surface area contributed by atoms with Crippen LogP contribution in [0.15, 0.2) is 47.6 Å². The molecule has 0 amide bonds. The van der Waals surface area contributed by atoms with Crippen molar-refractivity contribution < 1.29 is 24.2 Å². The molecule has 5 nitrogen and oxygen atoms in total. The number of carboxylic acids is 1. The van der Waals surface area contributed by atoms with Crippen molar-refractivity contribution >= 4 is 11.9 Å². The predicted octanol–water partition coefficient (Wildman–Crippen LogP) is 4.17. The van der Waals surface area contributed by atoms with E-state index in [9.17, 15) is 14.7 Å². The van der Waals surface area contributed by atoms with Crippen LogP contribution in [0.5, 0.6) is 0 Å². The van der Waals surface area contributed by atoms with E-state index in [0.717, 1.165) is 19.3 Å². The second-order valence-electron chi connectivity index (χ2n) is 7.42. The van der Waals surface area contributed by atoms with Crippen LogP contribution < -0.4 is 0 Å². The summed E-state index contributed by atoms with van der Waals surface area (Å²) in [5.74, 6) is -0.880. The average molecular weight is 360 g/mol. The topological polar surface area (TPSA) is 72.8 Å². The molecule has 0 aromatic carbocycles. The molecular formula is C21H28O5. The number of carboxylic acid groups (broad SMARTS) is 1. The number of hydrogen-bond acceptors (Lipinski definition) is 4. The predicted molar refractivity (Wildman–Crippen MR) is 99.3 cm³/mol. The lowest BCUT2D eigenvalue weighted by Gasteiger charge is -2.36. The van der Waals surface area contributed by atoms with Gasteiger partial charge < -0.3 is 14.6 Å². The fourth-order valence-electron chi connectivity index (χ4n) is 3.43. The van der Waals surface area contributed by atoms with Crippen LogP contribution in [-0.2, 0) is 19.1 Å². The summed E-state index contributed by atoms with van der Waals surface area (Å²) >= 11 is 0. The van der Waals surface area contributed by atoms with Crippen molar-refractivity contribution in [2.75, 3.05) is 7.11 Å². The summed E-state index contributed by atoms with van der Waals surface area (Å²) < 4.78 is 10.2. The van der Waals surface area contributed by atoms with Crippen molar-refractivity contribution in [2.24, 2.45) is 11.3 Å². The molecule has 0 aromatic heterocycles. The molecule has 2 aliphatic rings. The molecule has 0 aromatic rings. The minimum Gasteiger partial charge on any atom is -0.478 e. The van der Waals surface area contributed by atoms with Crippen LogP contribution in [0, 0.1) is 11.3 Å². The monoisotopic (exact) mass is 360 g/mol. The Bertz CT molecular complexity index is 670. The Morgan fingerprint density at radius 1 is 1.50 bits per heavy atom. The lowest BCUT2D eigenvalue weighted by molar-refractivity contribution is -0.155. The molecule has 1 aliphatic heterocycles. The molecule has 0 saturated heterocycles. The molecule has 0 fully saturated rings. The summed E-state index contributed by atoms with van der Waals surface area (Å²) in [4.78, 5) is 23.3. The summed E-state index contributed by atoms with van der Waals surface area (Å²) in [6, 6.07) is 0. The number of rotatable bonds is 5. The number of cyclic esters (lactones) is 1. The Labute approximate surface area is 155 Å². The van der Waals surface area contributed by atoms with Crippen LogP contribution in [0.2, 0.25) is 0 Å². The molecule has 3 atom stereocenters. The quantitative estimate of drug-likeness (QED) is 0.745. The zero-order valence-corrected chi connectivity index (χ0v) is 15.8. The van der Waals surface area contributed by atoms with E-state index < -0.39 is 12.3 Å². The van der Waals surface area contributed by atoms with E-state index in [1.165, 1.54) is 7.11 Å². The normalized spacial score (nSPS) is 33.0. The molecule has 0 bridgehead atoms. The van der Waals surface area contributed by atoms with Gasteiger partial charge in [-0.15, -0.1) is 0 Å². The molecule has 0 radical (unpaired) electrons. The molecule has 1 unspecified atom stereocenters. The van der Waals surface area contributed by atoms with E-state index in [0.29, 0.717) is 29.9 Å². The Morgan fingerprint density at radius 3 is 2.85 bits per heavy atom. The maximum Gasteiger partial charge on any atom is 0.336 e. The number of ether oxygens (including phenoxy) is 2. The van der Waals surface area contributed by atoms with Crippen molar-refractivity contribution in [3.8, 4) is 0 Å². The number of allylic oxidation sites excluding steroid dienone is 3. The molecule has 2 rings (SSSR count). The molecule has 0 saturated carbocycles. The summed E-state index contributed by atoms with van der Waals surface area (Å²) in [5, 5.41) is 9.31. The van der Waals surface area contributed by atoms with Crippen molar-refractivity contribution in [2.45, 2.75) is 52.2 Å². The van der Waals surface area contributed by atoms with Gasteiger partial charge in [-0.05, 0) is 61.2 Å². The fraction of sp³-hybridized carbons (Fsp3) is 0.524. The van der Waals surface area contributed by atoms with Crippen molar-refractivity contribution in [3.05, 3.63) is 47.6 Å². The minimum atomic E-state index is -0.935. The molecule has 26 heavy (non-hydrogen) atoms. The summed E-state index contributed by atoms with van der Waals surface area (Å²) in [7, 11) is 1.51. The Hall–Kier alpha value is -2.14. The summed E-state index contributed by atoms with van der Waals surface area (Å²) in [6.07, 6.45) is 10.4. The van der Waals surface area contributed by atoms with Gasteiger partial charge in [0, 0.05) is 12.7 Å². The Balaban J connectivity index is 2.12. The van der Waals surface area contributed by atoms with Gasteiger partial charge >= 0.3 is 11.9 Å². The third-order valence-electron chi connectivity index (χ3n) is 5.68. The number of carbonyl (C=O) groups excluding carboxylic acids is 1. The van der Waals surface area contributed by atoms with Crippen LogP contribution >= 0.6 is 0 Å². The van der Waals surface area contributed by atoms with E-state index in [4.69, 9.17) is 9.47 Å². The highest BCUT2D eigenvalue weighted by atomic mass is 16.7. The maximum atomic E-state index is 11.9. The highest BCUT2D eigenvalue weighted by Gasteiger charge is 2.33. The molecule has 1 heterocycles. The Kier molecular flexibility index (Phi) is 6.59. The third-order valence-corrected chi connectivity index (χ3v) is 5.68. The van der Waals surface area contributed by atoms with Gasteiger partial charge in [0.15, 0.2) is 0 Å². The lowest BCUT2D eigenvalue weighted by atomic mass is 9.69. The zero-order valence-electron chi connectivity index (χ0n) is 15.8. The summed E-state index contributed by atoms with van der Waals surface area (Å²) in [5.41, 5.74) is 1.60. The van der Waals surface area contributed by atoms with Crippen molar-refractivity contribution in [1.29, 1.82) is 0 Å². The van der Waals surface area contributed by atoms with Gasteiger partial charge in [-0.1, -0.05) is 32.6 Å². The first kappa shape index (κ1) is 20.2. The minimum absolute atomic E-state index is 0.00236. The van der Waals surface area contributed by atoms with Crippen molar-refractivity contribution in [1.82, 2.24) is 0 Å². The molecule has 1 N–H and O–H groups in total. The smallest absolute Gasteiger partial charge is 0.336 e. The van der Waals surface area contributed by atoms with Gasteiger partial charge in [-0.25, -0.2) is 9.59 Å². The Morgan fingerprint density at radius 2 is 2.23 bits per heavy atom. The number of methoxy groups -OCH3 is 1. The summed E-state index contributed by atoms with van der Waals surface area (Å²) in [6.45, 7) is 8.35. The first-order chi connectivity index (χ1) is 12.3. The second kappa shape index (κ2) is 8.49. The SMILES string of the molecule is C=C1CC[C@@H](C)[C@](C)(CCC2=CC(OC)OC2=O)C/C=C\C=C\1C(=O)O. The van der Waals surface area contributed by atoms with Crippen LogP contribution in [-0.4, -0.2) is 30.4 Å². The molecule has 5 heteroatoms. The van der Waals surface area contributed by atoms with Crippen LogP contribution in [0.25, 0.3) is 0 Å². The second-order valence-corrected chi connectivity index (χ2v) is 7.42. The highest BCUT2D eigenvalue weighted by Crippen LogP contribution is 2.41. The molecule has 0 spiro atoms. The van der Waals surface area contributed by atoms with Gasteiger partial charge in [-0.2, -0.15) is 0 Å². The third kappa shape index (κ3) is 4.73. The number of hydrogen-bond donors (Lipinski definition) is 1. The fourth-order valence-corrected chi connectivity index (χ4v) is 3.43. The van der Waals surface area contributed by atoms with Gasteiger partial charge in [0.2, 0.25) is 6.29 Å². The van der Waals surface area contributed by atoms with Gasteiger partial charge in [0.25, 0.3) is 0 Å². The zero-order chi connectivity index (χ0) is 19.3. The maximum absolute atomic E-state index is 11.9. The number of carbonyl (C=O) groups is 2. The molecular weight excluding hydrogens is 332 g/mol. The van der Waals surface area contributed by atoms with Crippen LogP contribution in [0.1, 0.15) is 46.0 Å². The molecule has 142 valence electrons. The molecule has 1 aliphatic carbocycles. The van der Waals surface area contributed by atoms with E-state index >= 15 is 0 Å². The van der Waals surface area contributed by atoms with E-state index in [-0.39, 0.29) is 17.0 Å². The number of aliphatic carboxylic acids is 1. The average Bonchev–Trinajstić information content (AvgIpc) is 2.96. The van der Waals surface area contributed by atoms with Crippen LogP contribution in [0.4, 0.5) is 0 Å². The van der Waals surface area contributed by atoms with Crippen LogP contribution in [0.3, 0.4) is 0 Å². The van der Waals surface area contributed by atoms with Gasteiger partial charge in [0.1, 0.15) is 0 Å². The highest BCUT2D eigenvalue weighted by molar-refractivity contribution is 5.92. The first-order valence-electron chi connectivity index (χ1n) is 8.99. The largest absolute Gasteiger partial charge is 0.478 e. The first-order valence-corrected chi connectivity index (χ1v) is 8.99. The van der Waals surface area contributed by atoms with E-state index in [1.807, 2.05) is 6.08 Å². The van der Waals surface area contributed by atoms with E-state index in [2.05, 4.69) is 20.4 Å². The van der Waals surface area contributed by atoms with Crippen molar-refractivity contribution in [3.63, 3.8) is 0 Å². The van der Waals surface area contributed by atoms with E-state index in [1.54, 1.807) is 18.2 Å². The lowest BCUT2D eigenvalue weighted by Crippen LogP contribution is -2.26. The standard InChI is InChI=1S/C21H28O5/c1-14-8-9-15(2)21(3,11-6-5-7-17(14)19(22)23)12-10-16-13-18(25-4)26-20(16)24/h5-7,13,15,18H,1,8-12H2,2-4H3,(H,22,23)/b6-5-,17-7-/t15-,18?,21+/m1/s1. The number of esters is 1.